The Morgan fingerprint density at radius 1 is 1.21 bits per heavy atom. The van der Waals surface area contributed by atoms with Gasteiger partial charge in [0.05, 0.1) is 6.42 Å². The Morgan fingerprint density at radius 3 is 2.75 bits per heavy atom. The Morgan fingerprint density at radius 2 is 2.00 bits per heavy atom. The summed E-state index contributed by atoms with van der Waals surface area (Å²) in [4.78, 5) is 30.6. The van der Waals surface area contributed by atoms with Gasteiger partial charge < -0.3 is 15.3 Å². The van der Waals surface area contributed by atoms with Crippen LogP contribution in [0.5, 0.6) is 5.75 Å². The van der Waals surface area contributed by atoms with Gasteiger partial charge in [-0.1, -0.05) is 30.3 Å². The number of carbonyl (C=O) groups is 2. The zero-order valence-corrected chi connectivity index (χ0v) is 13.2. The number of aromatic nitrogens is 1. The number of hydrogen-bond acceptors (Lipinski definition) is 4. The molecule has 1 atom stereocenters. The van der Waals surface area contributed by atoms with E-state index in [1.54, 1.807) is 11.0 Å². The maximum Gasteiger partial charge on any atom is 0.248 e. The molecule has 3 rings (SSSR count). The quantitative estimate of drug-likeness (QED) is 0.900. The van der Waals surface area contributed by atoms with Gasteiger partial charge in [-0.05, 0) is 30.5 Å². The van der Waals surface area contributed by atoms with Gasteiger partial charge in [-0.3, -0.25) is 9.59 Å². The Bertz CT molecular complexity index is 733. The van der Waals surface area contributed by atoms with Crippen LogP contribution in [0.1, 0.15) is 18.4 Å². The maximum atomic E-state index is 12.5. The number of nitrogens with one attached hydrogen (secondary N) is 1. The summed E-state index contributed by atoms with van der Waals surface area (Å²) < 4.78 is 0. The highest BCUT2D eigenvalue weighted by Gasteiger charge is 2.34. The molecule has 1 aromatic carbocycles. The molecule has 1 saturated heterocycles. The predicted molar refractivity (Wildman–Crippen MR) is 89.4 cm³/mol. The monoisotopic (exact) mass is 325 g/mol. The number of carbonyl (C=O) groups excluding carboxylic acids is 2. The molecule has 124 valence electrons. The minimum absolute atomic E-state index is 0.0657. The van der Waals surface area contributed by atoms with Crippen molar-refractivity contribution in [1.82, 2.24) is 9.88 Å². The third-order valence-corrected chi connectivity index (χ3v) is 4.10. The van der Waals surface area contributed by atoms with Crippen LogP contribution in [0.25, 0.3) is 0 Å². The molecule has 0 radical (unpaired) electrons. The van der Waals surface area contributed by atoms with E-state index in [9.17, 15) is 14.7 Å². The van der Waals surface area contributed by atoms with Gasteiger partial charge in [-0.2, -0.15) is 0 Å². The Hall–Kier alpha value is -2.89. The van der Waals surface area contributed by atoms with Crippen LogP contribution in [0.3, 0.4) is 0 Å². The van der Waals surface area contributed by atoms with Gasteiger partial charge in [0.25, 0.3) is 0 Å². The average Bonchev–Trinajstić information content (AvgIpc) is 3.08. The van der Waals surface area contributed by atoms with Crippen LogP contribution in [-0.4, -0.2) is 39.4 Å². The number of pyridine rings is 1. The lowest BCUT2D eigenvalue weighted by atomic mass is 10.1. The first kappa shape index (κ1) is 16.0. The second-order valence-corrected chi connectivity index (χ2v) is 5.77. The summed E-state index contributed by atoms with van der Waals surface area (Å²) in [6.45, 7) is 0.567. The van der Waals surface area contributed by atoms with Crippen LogP contribution in [0, 0.1) is 0 Å². The van der Waals surface area contributed by atoms with E-state index in [4.69, 9.17) is 0 Å². The highest BCUT2D eigenvalue weighted by atomic mass is 16.3. The maximum absolute atomic E-state index is 12.5. The molecule has 2 amide bonds. The lowest BCUT2D eigenvalue weighted by Gasteiger charge is -2.24. The lowest BCUT2D eigenvalue weighted by molar-refractivity contribution is -0.136. The summed E-state index contributed by atoms with van der Waals surface area (Å²) in [5, 5.41) is 12.3. The second kappa shape index (κ2) is 7.12. The number of amides is 2. The van der Waals surface area contributed by atoms with E-state index in [0.29, 0.717) is 13.0 Å². The van der Waals surface area contributed by atoms with Gasteiger partial charge in [0.1, 0.15) is 6.04 Å². The Balaban J connectivity index is 1.67. The van der Waals surface area contributed by atoms with Crippen molar-refractivity contribution < 1.29 is 14.7 Å². The first-order valence-electron chi connectivity index (χ1n) is 7.93. The van der Waals surface area contributed by atoms with Crippen molar-refractivity contribution in [3.63, 3.8) is 0 Å². The van der Waals surface area contributed by atoms with Crippen LogP contribution in [0.2, 0.25) is 0 Å². The highest BCUT2D eigenvalue weighted by molar-refractivity contribution is 5.97. The molecule has 0 bridgehead atoms. The molecule has 24 heavy (non-hydrogen) atoms. The molecule has 0 aliphatic carbocycles. The molecule has 1 aromatic heterocycles. The zero-order valence-electron chi connectivity index (χ0n) is 13.2. The van der Waals surface area contributed by atoms with E-state index in [1.807, 2.05) is 30.3 Å². The van der Waals surface area contributed by atoms with Gasteiger partial charge in [-0.15, -0.1) is 0 Å². The van der Waals surface area contributed by atoms with Crippen LogP contribution in [0.15, 0.2) is 48.7 Å². The molecule has 1 unspecified atom stereocenters. The van der Waals surface area contributed by atoms with E-state index < -0.39 is 6.04 Å². The minimum atomic E-state index is -0.525. The molecule has 6 heteroatoms. The topological polar surface area (TPSA) is 82.5 Å². The van der Waals surface area contributed by atoms with Gasteiger partial charge >= 0.3 is 0 Å². The molecular formula is C18H19N3O3. The number of aromatic hydroxyl groups is 1. The van der Waals surface area contributed by atoms with Crippen molar-refractivity contribution in [2.75, 3.05) is 11.9 Å². The molecule has 2 aromatic rings. The van der Waals surface area contributed by atoms with Crippen molar-refractivity contribution >= 4 is 17.6 Å². The summed E-state index contributed by atoms with van der Waals surface area (Å²) in [6.07, 6.45) is 3.16. The fraction of sp³-hybridized carbons (Fsp3) is 0.278. The standard InChI is InChI=1S/C18H19N3O3/c22-15-9-4-10-19-17(15)20-18(24)14-8-5-11-21(14)16(23)12-13-6-2-1-3-7-13/h1-4,6-7,9-10,14,22H,5,8,11-12H2,(H,19,20,24). The Kier molecular flexibility index (Phi) is 4.74. The van der Waals surface area contributed by atoms with E-state index in [1.165, 1.54) is 12.3 Å². The molecule has 1 fully saturated rings. The van der Waals surface area contributed by atoms with Crippen LogP contribution < -0.4 is 5.32 Å². The van der Waals surface area contributed by atoms with Crippen molar-refractivity contribution in [2.24, 2.45) is 0 Å². The third kappa shape index (κ3) is 3.53. The zero-order chi connectivity index (χ0) is 16.9. The summed E-state index contributed by atoms with van der Waals surface area (Å²) in [7, 11) is 0. The van der Waals surface area contributed by atoms with Gasteiger partial charge in [0.2, 0.25) is 11.8 Å². The van der Waals surface area contributed by atoms with E-state index >= 15 is 0 Å². The summed E-state index contributed by atoms with van der Waals surface area (Å²) in [5.74, 6) is -0.358. The van der Waals surface area contributed by atoms with Gasteiger partial charge in [0.15, 0.2) is 11.6 Å². The number of benzene rings is 1. The van der Waals surface area contributed by atoms with Crippen molar-refractivity contribution in [3.05, 3.63) is 54.2 Å². The van der Waals surface area contributed by atoms with E-state index in [-0.39, 0.29) is 29.8 Å². The first-order valence-corrected chi connectivity index (χ1v) is 7.93. The van der Waals surface area contributed by atoms with E-state index in [0.717, 1.165) is 12.0 Å². The van der Waals surface area contributed by atoms with Gasteiger partial charge in [-0.25, -0.2) is 4.98 Å². The van der Waals surface area contributed by atoms with E-state index in [2.05, 4.69) is 10.3 Å². The fourth-order valence-corrected chi connectivity index (χ4v) is 2.90. The summed E-state index contributed by atoms with van der Waals surface area (Å²) >= 11 is 0. The molecule has 2 N–H and O–H groups in total. The third-order valence-electron chi connectivity index (χ3n) is 4.10. The molecule has 2 heterocycles. The minimum Gasteiger partial charge on any atom is -0.504 e. The molecular weight excluding hydrogens is 306 g/mol. The molecule has 1 aliphatic heterocycles. The van der Waals surface area contributed by atoms with Crippen molar-refractivity contribution in [1.29, 1.82) is 0 Å². The number of nitrogens with zero attached hydrogens (tertiary/aromatic N) is 2. The molecule has 6 nitrogen and oxygen atoms in total. The van der Waals surface area contributed by atoms with Crippen LogP contribution >= 0.6 is 0 Å². The molecule has 1 aliphatic rings. The Labute approximate surface area is 140 Å². The van der Waals surface area contributed by atoms with Crippen LogP contribution in [0.4, 0.5) is 5.82 Å². The number of hydrogen-bond donors (Lipinski definition) is 2. The largest absolute Gasteiger partial charge is 0.504 e. The van der Waals surface area contributed by atoms with Crippen LogP contribution in [-0.2, 0) is 16.0 Å². The fourth-order valence-electron chi connectivity index (χ4n) is 2.90. The molecule has 0 spiro atoms. The smallest absolute Gasteiger partial charge is 0.248 e. The molecule has 0 saturated carbocycles. The van der Waals surface area contributed by atoms with Gasteiger partial charge in [0, 0.05) is 12.7 Å². The lowest BCUT2D eigenvalue weighted by Crippen LogP contribution is -2.43. The first-order chi connectivity index (χ1) is 11.6. The second-order valence-electron chi connectivity index (χ2n) is 5.77. The van der Waals surface area contributed by atoms with Crippen molar-refractivity contribution in [3.8, 4) is 5.75 Å². The summed E-state index contributed by atoms with van der Waals surface area (Å²) in [5.41, 5.74) is 0.927. The number of likely N-dealkylation sites (tertiary alicyclic amines) is 1. The normalized spacial score (nSPS) is 16.8. The SMILES string of the molecule is O=C(Nc1ncccc1O)C1CCCN1C(=O)Cc1ccccc1. The number of rotatable bonds is 4. The average molecular weight is 325 g/mol. The highest BCUT2D eigenvalue weighted by Crippen LogP contribution is 2.23. The predicted octanol–water partition coefficient (Wildman–Crippen LogP) is 1.96. The number of anilines is 1. The summed E-state index contributed by atoms with van der Waals surface area (Å²) in [6, 6.07) is 12.0. The van der Waals surface area contributed by atoms with Crippen molar-refractivity contribution in [2.45, 2.75) is 25.3 Å².